The van der Waals surface area contributed by atoms with Crippen LogP contribution in [0.25, 0.3) is 0 Å². The van der Waals surface area contributed by atoms with Crippen molar-refractivity contribution < 1.29 is 0 Å². The summed E-state index contributed by atoms with van der Waals surface area (Å²) < 4.78 is 0. The second-order valence-corrected chi connectivity index (χ2v) is 10.8. The Balaban J connectivity index is 2.17. The second-order valence-electron chi connectivity index (χ2n) is 5.82. The monoisotopic (exact) mass is 230 g/mol. The largest absolute Gasteiger partial charge is 0.0803 e. The highest BCUT2D eigenvalue weighted by molar-refractivity contribution is 6.82. The molecule has 0 amide bonds. The number of hydrogen-bond acceptors (Lipinski definition) is 0. The lowest BCUT2D eigenvalue weighted by Crippen LogP contribution is -2.34. The molecule has 0 heterocycles. The smallest absolute Gasteiger partial charge is 0.0699 e. The van der Waals surface area contributed by atoms with Crippen LogP contribution < -0.4 is 0 Å². The number of hydrogen-bond donors (Lipinski definition) is 0. The van der Waals surface area contributed by atoms with Crippen molar-refractivity contribution >= 4 is 8.07 Å². The average molecular weight is 230 g/mol. The van der Waals surface area contributed by atoms with Gasteiger partial charge in [0.2, 0.25) is 0 Å². The van der Waals surface area contributed by atoms with Gasteiger partial charge < -0.3 is 0 Å². The summed E-state index contributed by atoms with van der Waals surface area (Å²) in [6.07, 6.45) is 16.4. The van der Waals surface area contributed by atoms with Crippen LogP contribution in [0.5, 0.6) is 0 Å². The second kappa shape index (κ2) is 4.21. The molecule has 0 bridgehead atoms. The van der Waals surface area contributed by atoms with Crippen molar-refractivity contribution in [1.29, 1.82) is 0 Å². The van der Waals surface area contributed by atoms with E-state index in [-0.39, 0.29) is 0 Å². The molecule has 86 valence electrons. The van der Waals surface area contributed by atoms with Crippen LogP contribution in [0, 0.1) is 5.92 Å². The zero-order valence-electron chi connectivity index (χ0n) is 10.8. The van der Waals surface area contributed by atoms with Gasteiger partial charge in [-0.15, -0.1) is 0 Å². The predicted molar refractivity (Wildman–Crippen MR) is 75.3 cm³/mol. The number of allylic oxidation sites excluding steroid dienone is 8. The molecular formula is C15H22Si. The van der Waals surface area contributed by atoms with E-state index in [1.807, 2.05) is 0 Å². The molecule has 16 heavy (non-hydrogen) atoms. The molecule has 1 atom stereocenters. The third-order valence-electron chi connectivity index (χ3n) is 4.00. The Morgan fingerprint density at radius 2 is 1.62 bits per heavy atom. The summed E-state index contributed by atoms with van der Waals surface area (Å²) in [5, 5.41) is 0. The van der Waals surface area contributed by atoms with Crippen molar-refractivity contribution in [1.82, 2.24) is 0 Å². The Bertz CT molecular complexity index is 368. The lowest BCUT2D eigenvalue weighted by molar-refractivity contribution is 0.792. The highest BCUT2D eigenvalue weighted by Crippen LogP contribution is 2.42. The summed E-state index contributed by atoms with van der Waals surface area (Å²) in [6, 6.07) is 0. The minimum absolute atomic E-state index is 0.667. The lowest BCUT2D eigenvalue weighted by Gasteiger charge is -2.31. The third kappa shape index (κ3) is 2.01. The van der Waals surface area contributed by atoms with Crippen molar-refractivity contribution in [2.75, 3.05) is 0 Å². The fourth-order valence-corrected chi connectivity index (χ4v) is 5.40. The van der Waals surface area contributed by atoms with Gasteiger partial charge in [0.1, 0.15) is 0 Å². The van der Waals surface area contributed by atoms with Crippen LogP contribution in [-0.2, 0) is 0 Å². The van der Waals surface area contributed by atoms with Crippen LogP contribution in [0.15, 0.2) is 48.1 Å². The molecule has 1 heteroatoms. The summed E-state index contributed by atoms with van der Waals surface area (Å²) in [4.78, 5) is 0. The minimum atomic E-state index is -1.26. The Labute approximate surface area is 100 Å². The van der Waals surface area contributed by atoms with Crippen molar-refractivity contribution in [2.45, 2.75) is 38.0 Å². The van der Waals surface area contributed by atoms with E-state index in [2.05, 4.69) is 69.5 Å². The molecule has 0 spiro atoms. The van der Waals surface area contributed by atoms with Gasteiger partial charge in [0.25, 0.3) is 0 Å². The molecule has 0 saturated heterocycles. The molecule has 0 aromatic carbocycles. The average Bonchev–Trinajstić information content (AvgIpc) is 2.90. The molecule has 0 aliphatic heterocycles. The topological polar surface area (TPSA) is 0 Å². The molecule has 0 fully saturated rings. The quantitative estimate of drug-likeness (QED) is 0.616. The van der Waals surface area contributed by atoms with Crippen LogP contribution >= 0.6 is 0 Å². The molecule has 2 rings (SSSR count). The van der Waals surface area contributed by atoms with Gasteiger partial charge in [-0.3, -0.25) is 0 Å². The fourth-order valence-electron chi connectivity index (χ4n) is 2.53. The first-order chi connectivity index (χ1) is 7.51. The van der Waals surface area contributed by atoms with Gasteiger partial charge in [0.05, 0.1) is 8.07 Å². The first-order valence-electron chi connectivity index (χ1n) is 6.26. The van der Waals surface area contributed by atoms with Gasteiger partial charge in [0.15, 0.2) is 0 Å². The molecule has 2 aliphatic carbocycles. The third-order valence-corrected chi connectivity index (χ3v) is 8.18. The van der Waals surface area contributed by atoms with Gasteiger partial charge in [-0.25, -0.2) is 0 Å². The van der Waals surface area contributed by atoms with Crippen molar-refractivity contribution in [2.24, 2.45) is 5.92 Å². The number of rotatable bonds is 3. The standard InChI is InChI=1S/C15H22Si/c1-12(2)13-9-10-15(11-13)16(3,4)14-7-5-6-8-14/h5-12,14-15H,1-4H3. The van der Waals surface area contributed by atoms with E-state index in [4.69, 9.17) is 0 Å². The van der Waals surface area contributed by atoms with Gasteiger partial charge >= 0.3 is 0 Å². The maximum absolute atomic E-state index is 2.51. The molecule has 0 N–H and O–H groups in total. The van der Waals surface area contributed by atoms with Crippen LogP contribution in [0.1, 0.15) is 13.8 Å². The summed E-state index contributed by atoms with van der Waals surface area (Å²) in [6.45, 7) is 9.57. The highest BCUT2D eigenvalue weighted by Gasteiger charge is 2.36. The van der Waals surface area contributed by atoms with E-state index in [9.17, 15) is 0 Å². The molecule has 0 radical (unpaired) electrons. The molecule has 1 unspecified atom stereocenters. The van der Waals surface area contributed by atoms with E-state index in [1.54, 1.807) is 0 Å². The summed E-state index contributed by atoms with van der Waals surface area (Å²) in [5.41, 5.74) is 2.95. The van der Waals surface area contributed by atoms with E-state index < -0.39 is 8.07 Å². The van der Waals surface area contributed by atoms with Crippen LogP contribution in [0.3, 0.4) is 0 Å². The van der Waals surface area contributed by atoms with Gasteiger partial charge in [-0.2, -0.15) is 0 Å². The zero-order chi connectivity index (χ0) is 11.8. The van der Waals surface area contributed by atoms with Gasteiger partial charge in [-0.1, -0.05) is 69.5 Å². The van der Waals surface area contributed by atoms with E-state index >= 15 is 0 Å². The molecule has 0 saturated carbocycles. The first kappa shape index (κ1) is 11.7. The fraction of sp³-hybridized carbons (Fsp3) is 0.467. The van der Waals surface area contributed by atoms with Crippen LogP contribution in [0.2, 0.25) is 24.2 Å². The maximum Gasteiger partial charge on any atom is 0.0699 e. The van der Waals surface area contributed by atoms with Crippen molar-refractivity contribution in [3.8, 4) is 0 Å². The summed E-state index contributed by atoms with van der Waals surface area (Å²) in [5.74, 6) is 0.667. The maximum atomic E-state index is 2.51. The van der Waals surface area contributed by atoms with Crippen molar-refractivity contribution in [3.05, 3.63) is 48.1 Å². The SMILES string of the molecule is CC(C)C1=CC([Si](C)(C)C2C=CC=C2)C=C1. The van der Waals surface area contributed by atoms with Gasteiger partial charge in [0, 0.05) is 0 Å². The Hall–Kier alpha value is -0.823. The summed E-state index contributed by atoms with van der Waals surface area (Å²) >= 11 is 0. The molecule has 2 aliphatic rings. The molecular weight excluding hydrogens is 208 g/mol. The molecule has 0 nitrogen and oxygen atoms in total. The highest BCUT2D eigenvalue weighted by atomic mass is 28.3. The minimum Gasteiger partial charge on any atom is -0.0803 e. The van der Waals surface area contributed by atoms with Gasteiger partial charge in [-0.05, 0) is 22.6 Å². The Morgan fingerprint density at radius 1 is 1.00 bits per heavy atom. The van der Waals surface area contributed by atoms with Crippen molar-refractivity contribution in [3.63, 3.8) is 0 Å². The normalized spacial score (nSPS) is 24.8. The summed E-state index contributed by atoms with van der Waals surface area (Å²) in [7, 11) is -1.26. The molecule has 0 aromatic heterocycles. The Kier molecular flexibility index (Phi) is 3.07. The predicted octanol–water partition coefficient (Wildman–Crippen LogP) is 4.71. The molecule has 0 aromatic rings. The zero-order valence-corrected chi connectivity index (χ0v) is 11.8. The Morgan fingerprint density at radius 3 is 2.12 bits per heavy atom. The van der Waals surface area contributed by atoms with E-state index in [0.29, 0.717) is 17.0 Å². The lowest BCUT2D eigenvalue weighted by atomic mass is 10.1. The first-order valence-corrected chi connectivity index (χ1v) is 9.42. The van der Waals surface area contributed by atoms with E-state index in [0.717, 1.165) is 0 Å². The van der Waals surface area contributed by atoms with E-state index in [1.165, 1.54) is 5.57 Å². The van der Waals surface area contributed by atoms with Crippen LogP contribution in [-0.4, -0.2) is 8.07 Å². The van der Waals surface area contributed by atoms with Crippen LogP contribution in [0.4, 0.5) is 0 Å².